The topological polar surface area (TPSA) is 53.5 Å². The van der Waals surface area contributed by atoms with Crippen LogP contribution in [-0.4, -0.2) is 55.2 Å². The third kappa shape index (κ3) is 4.86. The second kappa shape index (κ2) is 8.68. The fourth-order valence-corrected chi connectivity index (χ4v) is 3.69. The van der Waals surface area contributed by atoms with E-state index in [2.05, 4.69) is 42.2 Å². The van der Waals surface area contributed by atoms with Crippen molar-refractivity contribution in [1.29, 1.82) is 0 Å². The molecule has 0 aliphatic carbocycles. The van der Waals surface area contributed by atoms with E-state index in [1.165, 1.54) is 5.56 Å². The number of benzene rings is 1. The van der Waals surface area contributed by atoms with Gasteiger partial charge < -0.3 is 15.0 Å². The number of methoxy groups -OCH3 is 1. The molecule has 0 spiro atoms. The molecule has 6 nitrogen and oxygen atoms in total. The fraction of sp³-hybridized carbons (Fsp3) is 0.474. The summed E-state index contributed by atoms with van der Waals surface area (Å²) < 4.78 is 6.59. The molecule has 0 bridgehead atoms. The zero-order chi connectivity index (χ0) is 18.5. The van der Waals surface area contributed by atoms with Gasteiger partial charge in [-0.3, -0.25) is 4.90 Å². The summed E-state index contributed by atoms with van der Waals surface area (Å²) in [4.78, 5) is 13.4. The lowest BCUT2D eigenvalue weighted by Gasteiger charge is -2.33. The number of likely N-dealkylation sites (tertiary alicyclic amines) is 1. The molecular formula is C19H26BrN5O. The van der Waals surface area contributed by atoms with Crippen molar-refractivity contribution in [3.8, 4) is 5.75 Å². The van der Waals surface area contributed by atoms with Crippen LogP contribution < -0.4 is 15.0 Å². The zero-order valence-corrected chi connectivity index (χ0v) is 17.2. The maximum Gasteiger partial charge on any atom is 0.224 e. The molecule has 2 aromatic rings. The Labute approximate surface area is 163 Å². The van der Waals surface area contributed by atoms with Crippen molar-refractivity contribution < 1.29 is 4.74 Å². The smallest absolute Gasteiger partial charge is 0.224 e. The monoisotopic (exact) mass is 419 g/mol. The Bertz CT molecular complexity index is 740. The van der Waals surface area contributed by atoms with Gasteiger partial charge in [-0.25, -0.2) is 4.98 Å². The molecule has 7 heteroatoms. The lowest BCUT2D eigenvalue weighted by molar-refractivity contribution is 0.206. The number of aromatic nitrogens is 2. The Morgan fingerprint density at radius 2 is 2.19 bits per heavy atom. The number of hydrogen-bond donors (Lipinski definition) is 1. The van der Waals surface area contributed by atoms with Crippen LogP contribution in [0.2, 0.25) is 0 Å². The van der Waals surface area contributed by atoms with Crippen LogP contribution in [0.5, 0.6) is 5.75 Å². The Balaban J connectivity index is 1.64. The molecule has 1 aromatic carbocycles. The molecule has 1 aliphatic rings. The summed E-state index contributed by atoms with van der Waals surface area (Å²) in [5.41, 5.74) is 1.20. The second-order valence-electron chi connectivity index (χ2n) is 6.81. The van der Waals surface area contributed by atoms with Crippen molar-refractivity contribution in [1.82, 2.24) is 14.9 Å². The van der Waals surface area contributed by atoms with E-state index in [0.717, 1.165) is 48.5 Å². The molecule has 0 saturated carbocycles. The summed E-state index contributed by atoms with van der Waals surface area (Å²) in [6.07, 6.45) is 4.08. The number of anilines is 2. The van der Waals surface area contributed by atoms with E-state index >= 15 is 0 Å². The SMILES string of the molecule is COc1ccc(Br)cc1CN1CCCC(Nc2nccc(N(C)C)n2)C1. The fourth-order valence-electron chi connectivity index (χ4n) is 3.28. The lowest BCUT2D eigenvalue weighted by atomic mass is 10.0. The Kier molecular flexibility index (Phi) is 6.32. The van der Waals surface area contributed by atoms with Crippen LogP contribution in [0, 0.1) is 0 Å². The highest BCUT2D eigenvalue weighted by molar-refractivity contribution is 9.10. The van der Waals surface area contributed by atoms with Crippen LogP contribution in [0.4, 0.5) is 11.8 Å². The Morgan fingerprint density at radius 1 is 1.35 bits per heavy atom. The van der Waals surface area contributed by atoms with E-state index in [-0.39, 0.29) is 0 Å². The number of halogens is 1. The minimum atomic E-state index is 0.347. The van der Waals surface area contributed by atoms with Gasteiger partial charge >= 0.3 is 0 Å². The molecule has 3 rings (SSSR count). The quantitative estimate of drug-likeness (QED) is 0.774. The number of ether oxygens (including phenoxy) is 1. The molecule has 1 saturated heterocycles. The zero-order valence-electron chi connectivity index (χ0n) is 15.6. The normalized spacial score (nSPS) is 17.8. The molecule has 140 valence electrons. The predicted octanol–water partition coefficient (Wildman–Crippen LogP) is 3.39. The number of piperidine rings is 1. The van der Waals surface area contributed by atoms with Gasteiger partial charge in [-0.15, -0.1) is 0 Å². The number of nitrogens with one attached hydrogen (secondary N) is 1. The van der Waals surface area contributed by atoms with E-state index in [9.17, 15) is 0 Å². The van der Waals surface area contributed by atoms with E-state index in [1.807, 2.05) is 37.2 Å². The van der Waals surface area contributed by atoms with Gasteiger partial charge in [0.1, 0.15) is 11.6 Å². The van der Waals surface area contributed by atoms with E-state index in [4.69, 9.17) is 4.74 Å². The number of rotatable bonds is 6. The average Bonchev–Trinajstić information content (AvgIpc) is 2.62. The minimum Gasteiger partial charge on any atom is -0.496 e. The van der Waals surface area contributed by atoms with E-state index in [1.54, 1.807) is 13.3 Å². The first-order valence-electron chi connectivity index (χ1n) is 8.87. The van der Waals surface area contributed by atoms with Crippen molar-refractivity contribution in [3.05, 3.63) is 40.5 Å². The predicted molar refractivity (Wildman–Crippen MR) is 109 cm³/mol. The Hall–Kier alpha value is -1.86. The third-order valence-electron chi connectivity index (χ3n) is 4.57. The van der Waals surface area contributed by atoms with Crippen molar-refractivity contribution >= 4 is 27.7 Å². The molecule has 0 amide bonds. The molecule has 26 heavy (non-hydrogen) atoms. The van der Waals surface area contributed by atoms with Gasteiger partial charge in [0.05, 0.1) is 7.11 Å². The van der Waals surface area contributed by atoms with Gasteiger partial charge in [-0.05, 0) is 43.7 Å². The average molecular weight is 420 g/mol. The van der Waals surface area contributed by atoms with Gasteiger partial charge in [0.25, 0.3) is 0 Å². The molecule has 1 fully saturated rings. The highest BCUT2D eigenvalue weighted by Gasteiger charge is 2.21. The number of hydrogen-bond acceptors (Lipinski definition) is 6. The molecule has 2 heterocycles. The summed E-state index contributed by atoms with van der Waals surface area (Å²) in [6.45, 7) is 2.93. The van der Waals surface area contributed by atoms with Gasteiger partial charge in [-0.2, -0.15) is 4.98 Å². The van der Waals surface area contributed by atoms with Crippen molar-refractivity contribution in [2.75, 3.05) is 44.5 Å². The Morgan fingerprint density at radius 3 is 2.96 bits per heavy atom. The molecular weight excluding hydrogens is 394 g/mol. The molecule has 0 radical (unpaired) electrons. The highest BCUT2D eigenvalue weighted by Crippen LogP contribution is 2.26. The lowest BCUT2D eigenvalue weighted by Crippen LogP contribution is -2.42. The minimum absolute atomic E-state index is 0.347. The summed E-state index contributed by atoms with van der Waals surface area (Å²) in [5.74, 6) is 2.54. The van der Waals surface area contributed by atoms with Crippen molar-refractivity contribution in [2.45, 2.75) is 25.4 Å². The first-order chi connectivity index (χ1) is 12.5. The molecule has 1 aliphatic heterocycles. The molecule has 1 aromatic heterocycles. The molecule has 1 N–H and O–H groups in total. The van der Waals surface area contributed by atoms with Gasteiger partial charge in [0.15, 0.2) is 0 Å². The maximum absolute atomic E-state index is 5.51. The third-order valence-corrected chi connectivity index (χ3v) is 5.07. The second-order valence-corrected chi connectivity index (χ2v) is 7.72. The van der Waals surface area contributed by atoms with Crippen molar-refractivity contribution in [2.24, 2.45) is 0 Å². The summed E-state index contributed by atoms with van der Waals surface area (Å²) in [7, 11) is 5.70. The van der Waals surface area contributed by atoms with Crippen LogP contribution >= 0.6 is 15.9 Å². The van der Waals surface area contributed by atoms with Crippen LogP contribution in [0.25, 0.3) is 0 Å². The van der Waals surface area contributed by atoms with Gasteiger partial charge in [0, 0.05) is 49.5 Å². The van der Waals surface area contributed by atoms with Crippen LogP contribution in [0.1, 0.15) is 18.4 Å². The summed E-state index contributed by atoms with van der Waals surface area (Å²) in [5, 5.41) is 3.50. The van der Waals surface area contributed by atoms with Crippen LogP contribution in [0.15, 0.2) is 34.9 Å². The number of nitrogens with zero attached hydrogens (tertiary/aromatic N) is 4. The van der Waals surface area contributed by atoms with Crippen LogP contribution in [-0.2, 0) is 6.54 Å². The standard InChI is InChI=1S/C19H26BrN5O/c1-24(2)18-8-9-21-19(23-18)22-16-5-4-10-25(13-16)12-14-11-15(20)6-7-17(14)26-3/h6-9,11,16H,4-5,10,12-13H2,1-3H3,(H,21,22,23). The molecule has 1 unspecified atom stereocenters. The van der Waals surface area contributed by atoms with E-state index in [0.29, 0.717) is 12.0 Å². The van der Waals surface area contributed by atoms with Crippen molar-refractivity contribution in [3.63, 3.8) is 0 Å². The van der Waals surface area contributed by atoms with E-state index < -0.39 is 0 Å². The summed E-state index contributed by atoms with van der Waals surface area (Å²) in [6, 6.07) is 8.43. The van der Waals surface area contributed by atoms with Crippen LogP contribution in [0.3, 0.4) is 0 Å². The maximum atomic E-state index is 5.51. The first kappa shape index (κ1) is 18.9. The highest BCUT2D eigenvalue weighted by atomic mass is 79.9. The molecule has 1 atom stereocenters. The van der Waals surface area contributed by atoms with Gasteiger partial charge in [-0.1, -0.05) is 15.9 Å². The van der Waals surface area contributed by atoms with Gasteiger partial charge in [0.2, 0.25) is 5.95 Å². The first-order valence-corrected chi connectivity index (χ1v) is 9.66. The summed E-state index contributed by atoms with van der Waals surface area (Å²) >= 11 is 3.56. The largest absolute Gasteiger partial charge is 0.496 e.